The average molecular weight is 116 g/mol. The Kier molecular flexibility index (Phi) is 5.71. The first kappa shape index (κ1) is 6.84. The Hall–Kier alpha value is -0.160. The first-order valence-electron chi connectivity index (χ1n) is 2.35. The van der Waals surface area contributed by atoms with Crippen LogP contribution in [0.25, 0.3) is 0 Å². The number of hydrogen-bond donors (Lipinski definition) is 0. The van der Waals surface area contributed by atoms with E-state index < -0.39 is 0 Å². The average Bonchev–Trinajstić information content (AvgIpc) is 2.23. The zero-order chi connectivity index (χ0) is 5.54. The predicted molar refractivity (Wildman–Crippen MR) is 32.0 cm³/mol. The molecular weight excluding hydrogens is 107 g/mol. The Bertz CT molecular complexity index is 55.1. The number of allylic oxidation sites excluding steroid dienone is 2. The maximum Gasteiger partial charge on any atom is 0.138 e. The van der Waals surface area contributed by atoms with Gasteiger partial charge in [-0.15, -0.1) is 0 Å². The van der Waals surface area contributed by atoms with E-state index in [1.807, 2.05) is 0 Å². The third-order valence-electron chi connectivity index (χ3n) is 0.908. The summed E-state index contributed by atoms with van der Waals surface area (Å²) >= 11 is 0. The van der Waals surface area contributed by atoms with E-state index in [9.17, 15) is 0 Å². The Morgan fingerprint density at radius 2 is 1.57 bits per heavy atom. The molecule has 0 unspecified atom stereocenters. The van der Waals surface area contributed by atoms with Crippen LogP contribution in [0.2, 0.25) is 0 Å². The number of hydrogen-bond acceptors (Lipinski definition) is 1. The van der Waals surface area contributed by atoms with Gasteiger partial charge in [-0.2, -0.15) is 0 Å². The van der Waals surface area contributed by atoms with Crippen LogP contribution < -0.4 is 0 Å². The quantitative estimate of drug-likeness (QED) is 0.350. The van der Waals surface area contributed by atoms with E-state index in [-0.39, 0.29) is 0 Å². The van der Waals surface area contributed by atoms with Crippen LogP contribution in [0.4, 0.5) is 0 Å². The minimum atomic E-state index is 1.32. The fraction of sp³-hybridized carbons (Fsp3) is 0.600. The largest absolute Gasteiger partial charge is 0.279 e. The Morgan fingerprint density at radius 3 is 1.71 bits per heavy atom. The summed E-state index contributed by atoms with van der Waals surface area (Å²) in [5.74, 6) is 0. The van der Waals surface area contributed by atoms with E-state index in [1.165, 1.54) is 19.3 Å². The maximum absolute atomic E-state index is 8.06. The van der Waals surface area contributed by atoms with Crippen molar-refractivity contribution in [2.45, 2.75) is 19.3 Å². The van der Waals surface area contributed by atoms with Crippen LogP contribution in [-0.2, 0) is 4.57 Å². The van der Waals surface area contributed by atoms with Crippen LogP contribution in [0.15, 0.2) is 12.2 Å². The van der Waals surface area contributed by atoms with Crippen LogP contribution in [0.1, 0.15) is 19.3 Å². The summed E-state index contributed by atoms with van der Waals surface area (Å²) in [6.07, 6.45) is 8.50. The molecule has 0 N–H and O–H groups in total. The summed E-state index contributed by atoms with van der Waals surface area (Å²) in [4.78, 5) is 0. The maximum atomic E-state index is 8.06. The van der Waals surface area contributed by atoms with Crippen molar-refractivity contribution in [1.29, 1.82) is 0 Å². The molecular formula is C5H9OP. The Morgan fingerprint density at radius 1 is 1.14 bits per heavy atom. The lowest BCUT2D eigenvalue weighted by molar-refractivity contribution is 0.607. The van der Waals surface area contributed by atoms with E-state index in [1.54, 1.807) is 9.12 Å². The zero-order valence-corrected chi connectivity index (χ0v) is 5.18. The van der Waals surface area contributed by atoms with Gasteiger partial charge >= 0.3 is 0 Å². The second-order valence-corrected chi connectivity index (χ2v) is 1.40. The van der Waals surface area contributed by atoms with Gasteiger partial charge in [-0.05, 0) is 19.3 Å². The molecule has 0 amide bonds. The first-order valence-corrected chi connectivity index (χ1v) is 2.76. The second-order valence-electron chi connectivity index (χ2n) is 1.40. The van der Waals surface area contributed by atoms with Crippen LogP contribution in [0, 0.1) is 0 Å². The molecule has 7 heavy (non-hydrogen) atoms. The van der Waals surface area contributed by atoms with Crippen LogP contribution in [-0.4, -0.2) is 0 Å². The third-order valence-corrected chi connectivity index (χ3v) is 0.908. The van der Waals surface area contributed by atoms with Crippen molar-refractivity contribution in [1.82, 2.24) is 0 Å². The molecule has 0 heterocycles. The van der Waals surface area contributed by atoms with Crippen molar-refractivity contribution >= 4 is 9.12 Å². The molecule has 0 bridgehead atoms. The molecule has 2 heteroatoms. The van der Waals surface area contributed by atoms with Gasteiger partial charge in [-0.3, -0.25) is 4.57 Å². The van der Waals surface area contributed by atoms with E-state index >= 15 is 0 Å². The van der Waals surface area contributed by atoms with Gasteiger partial charge in [0.15, 0.2) is 0 Å². The van der Waals surface area contributed by atoms with Gasteiger partial charge in [-0.1, -0.05) is 12.2 Å². The molecule has 0 spiro atoms. The van der Waals surface area contributed by atoms with E-state index in [0.717, 1.165) is 0 Å². The van der Waals surface area contributed by atoms with Crippen LogP contribution >= 0.6 is 9.12 Å². The monoisotopic (exact) mass is 116 g/mol. The summed E-state index contributed by atoms with van der Waals surface area (Å²) in [6, 6.07) is 0. The van der Waals surface area contributed by atoms with Crippen molar-refractivity contribution < 1.29 is 4.57 Å². The summed E-state index contributed by atoms with van der Waals surface area (Å²) in [7, 11) is 1.72. The molecule has 0 fully saturated rings. The minimum absolute atomic E-state index is 1.32. The van der Waals surface area contributed by atoms with Crippen molar-refractivity contribution in [3.63, 3.8) is 0 Å². The molecule has 0 atom stereocenters. The zero-order valence-electron chi connectivity index (χ0n) is 4.18. The van der Waals surface area contributed by atoms with Gasteiger partial charge in [0.05, 0.1) is 0 Å². The lowest BCUT2D eigenvalue weighted by atomic mass is 10.4. The van der Waals surface area contributed by atoms with Gasteiger partial charge in [0.2, 0.25) is 0 Å². The van der Waals surface area contributed by atoms with E-state index in [2.05, 4.69) is 12.2 Å². The third kappa shape index (κ3) is 3.68. The second kappa shape index (κ2) is 5.84. The fourth-order valence-electron chi connectivity index (χ4n) is 0.589. The van der Waals surface area contributed by atoms with Gasteiger partial charge in [-0.25, -0.2) is 0 Å². The molecule has 0 saturated carbocycles. The molecule has 0 aromatic heterocycles. The molecule has 0 radical (unpaired) electrons. The molecule has 1 aliphatic rings. The SMILES string of the molecule is C1=CCCC1.O=P. The molecule has 40 valence electrons. The first-order chi connectivity index (χ1) is 3.50. The highest BCUT2D eigenvalue weighted by atomic mass is 31.0. The van der Waals surface area contributed by atoms with Crippen molar-refractivity contribution in [2.24, 2.45) is 0 Å². The van der Waals surface area contributed by atoms with Gasteiger partial charge in [0, 0.05) is 0 Å². The highest BCUT2D eigenvalue weighted by molar-refractivity contribution is 7.00. The van der Waals surface area contributed by atoms with E-state index in [0.29, 0.717) is 0 Å². The van der Waals surface area contributed by atoms with Crippen LogP contribution in [0.5, 0.6) is 0 Å². The smallest absolute Gasteiger partial charge is 0.138 e. The normalized spacial score (nSPS) is 15.4. The highest BCUT2D eigenvalue weighted by Crippen LogP contribution is 2.05. The molecule has 1 rings (SSSR count). The molecule has 0 aromatic carbocycles. The summed E-state index contributed by atoms with van der Waals surface area (Å²) < 4.78 is 8.06. The van der Waals surface area contributed by atoms with Crippen molar-refractivity contribution in [2.75, 3.05) is 0 Å². The molecule has 1 nitrogen and oxygen atoms in total. The topological polar surface area (TPSA) is 17.1 Å². The van der Waals surface area contributed by atoms with Crippen LogP contribution in [0.3, 0.4) is 0 Å². The van der Waals surface area contributed by atoms with E-state index in [4.69, 9.17) is 4.57 Å². The summed E-state index contributed by atoms with van der Waals surface area (Å²) in [6.45, 7) is 0. The molecule has 0 aliphatic heterocycles. The summed E-state index contributed by atoms with van der Waals surface area (Å²) in [5.41, 5.74) is 0. The van der Waals surface area contributed by atoms with Crippen molar-refractivity contribution in [3.05, 3.63) is 12.2 Å². The molecule has 1 aliphatic carbocycles. The van der Waals surface area contributed by atoms with Gasteiger partial charge in [0.1, 0.15) is 9.12 Å². The fourth-order valence-corrected chi connectivity index (χ4v) is 0.589. The standard InChI is InChI=1S/C5H8.HOP/c1-2-4-5-3-1;1-2/h1-2H,3-5H2;2H. The Labute approximate surface area is 46.0 Å². The highest BCUT2D eigenvalue weighted by Gasteiger charge is 1.84. The Balaban J connectivity index is 0.000000162. The molecule has 0 aromatic rings. The summed E-state index contributed by atoms with van der Waals surface area (Å²) in [5, 5.41) is 0. The van der Waals surface area contributed by atoms with Gasteiger partial charge < -0.3 is 0 Å². The van der Waals surface area contributed by atoms with Crippen molar-refractivity contribution in [3.8, 4) is 0 Å². The molecule has 0 saturated heterocycles. The number of rotatable bonds is 0. The minimum Gasteiger partial charge on any atom is -0.279 e. The lowest BCUT2D eigenvalue weighted by Gasteiger charge is -1.69. The predicted octanol–water partition coefficient (Wildman–Crippen LogP) is 2.20. The van der Waals surface area contributed by atoms with Gasteiger partial charge in [0.25, 0.3) is 0 Å². The lowest BCUT2D eigenvalue weighted by Crippen LogP contribution is -1.50.